The highest BCUT2D eigenvalue weighted by Crippen LogP contribution is 2.31. The lowest BCUT2D eigenvalue weighted by molar-refractivity contribution is -0.142. The summed E-state index contributed by atoms with van der Waals surface area (Å²) in [6.45, 7) is 0.489. The molecule has 0 aliphatic heterocycles. The fourth-order valence-electron chi connectivity index (χ4n) is 3.68. The molecule has 3 rings (SSSR count). The van der Waals surface area contributed by atoms with Crippen molar-refractivity contribution in [2.24, 2.45) is 11.8 Å². The molecule has 2 aromatic rings. The molecule has 2 N–H and O–H groups in total. The molecule has 31 heavy (non-hydrogen) atoms. The third-order valence-corrected chi connectivity index (χ3v) is 5.62. The molecule has 2 aromatic carbocycles. The molecule has 1 aliphatic rings. The molecular formula is C23H26ClNO6. The monoisotopic (exact) mass is 447 g/mol. The fraction of sp³-hybridized carbons (Fsp3) is 0.391. The van der Waals surface area contributed by atoms with E-state index in [4.69, 9.17) is 26.2 Å². The van der Waals surface area contributed by atoms with E-state index in [-0.39, 0.29) is 18.3 Å². The lowest BCUT2D eigenvalue weighted by Gasteiger charge is -2.29. The van der Waals surface area contributed by atoms with Gasteiger partial charge in [-0.3, -0.25) is 0 Å². The number of aromatic hydroxyl groups is 1. The SMILES string of the molecule is O=C(O)COCC1CCC(COC(=O)N(c2ccc(O)cc2)c2ccc(Cl)cc2)CC1. The van der Waals surface area contributed by atoms with E-state index in [0.29, 0.717) is 35.5 Å². The number of aliphatic carboxylic acids is 1. The van der Waals surface area contributed by atoms with Gasteiger partial charge in [0.15, 0.2) is 0 Å². The van der Waals surface area contributed by atoms with Crippen LogP contribution in [0.15, 0.2) is 48.5 Å². The van der Waals surface area contributed by atoms with Crippen LogP contribution < -0.4 is 4.90 Å². The van der Waals surface area contributed by atoms with Crippen LogP contribution >= 0.6 is 11.6 Å². The number of rotatable bonds is 8. The number of phenols is 1. The topological polar surface area (TPSA) is 96.3 Å². The number of nitrogens with zero attached hydrogens (tertiary/aromatic N) is 1. The van der Waals surface area contributed by atoms with Crippen molar-refractivity contribution in [3.8, 4) is 5.75 Å². The highest BCUT2D eigenvalue weighted by molar-refractivity contribution is 6.30. The zero-order chi connectivity index (χ0) is 22.2. The van der Waals surface area contributed by atoms with Crippen molar-refractivity contribution in [2.75, 3.05) is 24.7 Å². The standard InChI is InChI=1S/C23H26ClNO6/c24-18-5-7-19(8-6-18)25(20-9-11-21(26)12-10-20)23(29)31-14-17-3-1-16(2-4-17)13-30-15-22(27)28/h5-12,16-17,26H,1-4,13-15H2,(H,27,28). The first-order chi connectivity index (χ1) is 14.9. The molecule has 0 aromatic heterocycles. The maximum absolute atomic E-state index is 13.0. The molecule has 0 radical (unpaired) electrons. The number of benzene rings is 2. The van der Waals surface area contributed by atoms with Crippen molar-refractivity contribution in [1.29, 1.82) is 0 Å². The van der Waals surface area contributed by atoms with E-state index in [1.165, 1.54) is 17.0 Å². The Hall–Kier alpha value is -2.77. The summed E-state index contributed by atoms with van der Waals surface area (Å²) in [7, 11) is 0. The van der Waals surface area contributed by atoms with Crippen LogP contribution in [0, 0.1) is 11.8 Å². The van der Waals surface area contributed by atoms with Crippen molar-refractivity contribution in [2.45, 2.75) is 25.7 Å². The van der Waals surface area contributed by atoms with E-state index in [2.05, 4.69) is 0 Å². The number of halogens is 1. The van der Waals surface area contributed by atoms with Gasteiger partial charge >= 0.3 is 12.1 Å². The Labute approximate surface area is 186 Å². The van der Waals surface area contributed by atoms with Crippen LogP contribution in [0.1, 0.15) is 25.7 Å². The zero-order valence-corrected chi connectivity index (χ0v) is 17.8. The minimum Gasteiger partial charge on any atom is -0.508 e. The maximum atomic E-state index is 13.0. The van der Waals surface area contributed by atoms with Crippen molar-refractivity contribution < 1.29 is 29.3 Å². The smallest absolute Gasteiger partial charge is 0.418 e. The predicted octanol–water partition coefficient (Wildman–Crippen LogP) is 5.23. The Kier molecular flexibility index (Phi) is 8.14. The summed E-state index contributed by atoms with van der Waals surface area (Å²) in [5.41, 5.74) is 1.18. The number of carbonyl (C=O) groups excluding carboxylic acids is 1. The number of carboxylic acids is 1. The molecular weight excluding hydrogens is 422 g/mol. The Bertz CT molecular complexity index is 817. The lowest BCUT2D eigenvalue weighted by Crippen LogP contribution is -2.30. The molecule has 166 valence electrons. The molecule has 1 aliphatic carbocycles. The van der Waals surface area contributed by atoms with Crippen LogP contribution in [0.4, 0.5) is 16.2 Å². The summed E-state index contributed by atoms with van der Waals surface area (Å²) in [6, 6.07) is 13.2. The Morgan fingerprint density at radius 2 is 1.42 bits per heavy atom. The van der Waals surface area contributed by atoms with E-state index in [1.807, 2.05) is 0 Å². The van der Waals surface area contributed by atoms with Gasteiger partial charge in [0, 0.05) is 5.02 Å². The summed E-state index contributed by atoms with van der Waals surface area (Å²) in [6.07, 6.45) is 3.13. The van der Waals surface area contributed by atoms with Gasteiger partial charge in [0.25, 0.3) is 0 Å². The average molecular weight is 448 g/mol. The third kappa shape index (κ3) is 6.87. The molecule has 0 atom stereocenters. The largest absolute Gasteiger partial charge is 0.508 e. The van der Waals surface area contributed by atoms with Gasteiger partial charge in [0.2, 0.25) is 0 Å². The van der Waals surface area contributed by atoms with E-state index in [9.17, 15) is 14.7 Å². The Morgan fingerprint density at radius 3 is 1.97 bits per heavy atom. The van der Waals surface area contributed by atoms with Crippen LogP contribution in [0.5, 0.6) is 5.75 Å². The lowest BCUT2D eigenvalue weighted by atomic mass is 9.83. The second-order valence-corrected chi connectivity index (χ2v) is 8.14. The van der Waals surface area contributed by atoms with Crippen LogP contribution in [0.25, 0.3) is 0 Å². The van der Waals surface area contributed by atoms with Gasteiger partial charge in [-0.25, -0.2) is 14.5 Å². The number of carbonyl (C=O) groups is 2. The molecule has 1 amide bonds. The van der Waals surface area contributed by atoms with E-state index in [0.717, 1.165) is 25.7 Å². The van der Waals surface area contributed by atoms with Gasteiger partial charge in [0.1, 0.15) is 12.4 Å². The summed E-state index contributed by atoms with van der Waals surface area (Å²) in [5, 5.41) is 18.8. The van der Waals surface area contributed by atoms with Crippen LogP contribution in [-0.2, 0) is 14.3 Å². The van der Waals surface area contributed by atoms with Crippen molar-refractivity contribution in [1.82, 2.24) is 0 Å². The van der Waals surface area contributed by atoms with E-state index < -0.39 is 12.1 Å². The van der Waals surface area contributed by atoms with Crippen LogP contribution in [-0.4, -0.2) is 42.1 Å². The molecule has 0 spiro atoms. The quantitative estimate of drug-likeness (QED) is 0.575. The number of amides is 1. The van der Waals surface area contributed by atoms with Gasteiger partial charge in [0.05, 0.1) is 24.6 Å². The molecule has 0 heterocycles. The van der Waals surface area contributed by atoms with Gasteiger partial charge in [-0.1, -0.05) is 11.6 Å². The number of anilines is 2. The van der Waals surface area contributed by atoms with Gasteiger partial charge in [-0.15, -0.1) is 0 Å². The first kappa shape index (κ1) is 22.9. The first-order valence-corrected chi connectivity index (χ1v) is 10.6. The number of ether oxygens (including phenoxy) is 2. The molecule has 1 fully saturated rings. The Balaban J connectivity index is 1.57. The fourth-order valence-corrected chi connectivity index (χ4v) is 3.81. The maximum Gasteiger partial charge on any atom is 0.418 e. The van der Waals surface area contributed by atoms with Crippen LogP contribution in [0.2, 0.25) is 5.02 Å². The predicted molar refractivity (Wildman–Crippen MR) is 117 cm³/mol. The zero-order valence-electron chi connectivity index (χ0n) is 17.1. The minimum atomic E-state index is -0.959. The highest BCUT2D eigenvalue weighted by atomic mass is 35.5. The second-order valence-electron chi connectivity index (χ2n) is 7.70. The van der Waals surface area contributed by atoms with Gasteiger partial charge < -0.3 is 19.7 Å². The number of carboxylic acid groups (broad SMARTS) is 1. The number of hydrogen-bond donors (Lipinski definition) is 2. The van der Waals surface area contributed by atoms with Crippen molar-refractivity contribution >= 4 is 35.0 Å². The Morgan fingerprint density at radius 1 is 0.903 bits per heavy atom. The molecule has 1 saturated carbocycles. The summed E-state index contributed by atoms with van der Waals surface area (Å²) in [5.74, 6) is -0.253. The second kappa shape index (κ2) is 11.0. The average Bonchev–Trinajstić information content (AvgIpc) is 2.76. The molecule has 7 nitrogen and oxygen atoms in total. The van der Waals surface area contributed by atoms with Gasteiger partial charge in [-0.2, -0.15) is 0 Å². The van der Waals surface area contributed by atoms with Crippen molar-refractivity contribution in [3.63, 3.8) is 0 Å². The molecule has 0 saturated heterocycles. The molecule has 0 bridgehead atoms. The molecule has 8 heteroatoms. The normalized spacial score (nSPS) is 18.4. The van der Waals surface area contributed by atoms with E-state index in [1.54, 1.807) is 36.4 Å². The van der Waals surface area contributed by atoms with Gasteiger partial charge in [-0.05, 0) is 86.1 Å². The van der Waals surface area contributed by atoms with Crippen LogP contribution in [0.3, 0.4) is 0 Å². The summed E-state index contributed by atoms with van der Waals surface area (Å²) < 4.78 is 10.8. The minimum absolute atomic E-state index is 0.109. The summed E-state index contributed by atoms with van der Waals surface area (Å²) >= 11 is 5.98. The number of phenolic OH excluding ortho intramolecular Hbond substituents is 1. The highest BCUT2D eigenvalue weighted by Gasteiger charge is 2.25. The van der Waals surface area contributed by atoms with E-state index >= 15 is 0 Å². The molecule has 0 unspecified atom stereocenters. The van der Waals surface area contributed by atoms with Crippen molar-refractivity contribution in [3.05, 3.63) is 53.6 Å². The number of hydrogen-bond acceptors (Lipinski definition) is 5. The third-order valence-electron chi connectivity index (χ3n) is 5.36. The first-order valence-electron chi connectivity index (χ1n) is 10.2. The summed E-state index contributed by atoms with van der Waals surface area (Å²) in [4.78, 5) is 24.9.